The molecule has 37 heavy (non-hydrogen) atoms. The SMILES string of the molecule is CC(=O)N1C(C(=O)O)Cc2c(n(Cc3ccc(F)cc3)c3ccccc23)C1C12CC3CC(CC(C3)C1)C2. The Morgan fingerprint density at radius 2 is 1.59 bits per heavy atom. The van der Waals surface area contributed by atoms with Gasteiger partial charge < -0.3 is 14.6 Å². The first-order valence-electron chi connectivity index (χ1n) is 13.7. The molecule has 4 bridgehead atoms. The molecule has 4 saturated carbocycles. The summed E-state index contributed by atoms with van der Waals surface area (Å²) in [7, 11) is 0. The van der Waals surface area contributed by atoms with E-state index in [1.165, 1.54) is 31.4 Å². The fraction of sp³-hybridized carbons (Fsp3) is 0.484. The largest absolute Gasteiger partial charge is 0.480 e. The predicted octanol–water partition coefficient (Wildman–Crippen LogP) is 5.94. The van der Waals surface area contributed by atoms with E-state index in [9.17, 15) is 19.1 Å². The Kier molecular flexibility index (Phi) is 5.08. The zero-order valence-electron chi connectivity index (χ0n) is 21.2. The second-order valence-electron chi connectivity index (χ2n) is 12.3. The van der Waals surface area contributed by atoms with Gasteiger partial charge >= 0.3 is 5.97 Å². The Labute approximate surface area is 216 Å². The number of amides is 1. The number of carbonyl (C=O) groups excluding carboxylic acids is 1. The average Bonchev–Trinajstić information content (AvgIpc) is 3.16. The first-order chi connectivity index (χ1) is 17.8. The fourth-order valence-electron chi connectivity index (χ4n) is 9.17. The highest BCUT2D eigenvalue weighted by atomic mass is 19.1. The Hall–Kier alpha value is -3.15. The van der Waals surface area contributed by atoms with Gasteiger partial charge in [-0.1, -0.05) is 30.3 Å². The van der Waals surface area contributed by atoms with E-state index in [4.69, 9.17) is 0 Å². The van der Waals surface area contributed by atoms with Gasteiger partial charge in [0.1, 0.15) is 11.9 Å². The lowest BCUT2D eigenvalue weighted by Crippen LogP contribution is -2.59. The zero-order chi connectivity index (χ0) is 25.5. The summed E-state index contributed by atoms with van der Waals surface area (Å²) in [5.41, 5.74) is 4.13. The van der Waals surface area contributed by atoms with Gasteiger partial charge in [-0.15, -0.1) is 0 Å². The molecule has 2 atom stereocenters. The van der Waals surface area contributed by atoms with Crippen molar-refractivity contribution >= 4 is 22.8 Å². The van der Waals surface area contributed by atoms with E-state index in [0.29, 0.717) is 30.7 Å². The Balaban J connectivity index is 1.48. The number of carboxylic acid groups (broad SMARTS) is 1. The molecule has 2 heterocycles. The van der Waals surface area contributed by atoms with Crippen molar-refractivity contribution in [1.82, 2.24) is 9.47 Å². The van der Waals surface area contributed by atoms with Crippen LogP contribution >= 0.6 is 0 Å². The highest BCUT2D eigenvalue weighted by Gasteiger charge is 2.59. The van der Waals surface area contributed by atoms with Gasteiger partial charge in [0, 0.05) is 36.5 Å². The van der Waals surface area contributed by atoms with Gasteiger partial charge in [0.05, 0.1) is 6.04 Å². The van der Waals surface area contributed by atoms with Gasteiger partial charge in [0.2, 0.25) is 5.91 Å². The Morgan fingerprint density at radius 3 is 2.19 bits per heavy atom. The lowest BCUT2D eigenvalue weighted by molar-refractivity contribution is -0.164. The molecule has 2 aromatic carbocycles. The van der Waals surface area contributed by atoms with E-state index in [0.717, 1.165) is 47.0 Å². The number of hydrogen-bond acceptors (Lipinski definition) is 2. The minimum Gasteiger partial charge on any atom is -0.480 e. The maximum Gasteiger partial charge on any atom is 0.326 e. The highest BCUT2D eigenvalue weighted by molar-refractivity contribution is 5.90. The number of halogens is 1. The van der Waals surface area contributed by atoms with Crippen LogP contribution in [0, 0.1) is 29.0 Å². The van der Waals surface area contributed by atoms with Crippen LogP contribution in [-0.2, 0) is 22.6 Å². The summed E-state index contributed by atoms with van der Waals surface area (Å²) >= 11 is 0. The smallest absolute Gasteiger partial charge is 0.326 e. The normalized spacial score (nSPS) is 32.1. The number of aliphatic carboxylic acids is 1. The third-order valence-corrected chi connectivity index (χ3v) is 9.96. The third kappa shape index (κ3) is 3.48. The van der Waals surface area contributed by atoms with Crippen molar-refractivity contribution < 1.29 is 19.1 Å². The average molecular weight is 501 g/mol. The predicted molar refractivity (Wildman–Crippen MR) is 138 cm³/mol. The summed E-state index contributed by atoms with van der Waals surface area (Å²) in [4.78, 5) is 27.8. The van der Waals surface area contributed by atoms with E-state index in [1.807, 2.05) is 24.3 Å². The molecule has 0 spiro atoms. The zero-order valence-corrected chi connectivity index (χ0v) is 21.2. The molecule has 8 rings (SSSR count). The molecule has 3 aromatic rings. The van der Waals surface area contributed by atoms with Crippen LogP contribution in [0.15, 0.2) is 48.5 Å². The number of rotatable bonds is 4. The molecule has 4 fully saturated rings. The van der Waals surface area contributed by atoms with Crippen LogP contribution in [0.5, 0.6) is 0 Å². The molecule has 0 radical (unpaired) electrons. The monoisotopic (exact) mass is 500 g/mol. The van der Waals surface area contributed by atoms with E-state index in [2.05, 4.69) is 16.7 Å². The molecule has 1 aliphatic heterocycles. The minimum atomic E-state index is -0.925. The van der Waals surface area contributed by atoms with Gasteiger partial charge in [-0.05, 0) is 91.0 Å². The van der Waals surface area contributed by atoms with Gasteiger partial charge in [-0.25, -0.2) is 9.18 Å². The minimum absolute atomic E-state index is 0.0990. The second-order valence-corrected chi connectivity index (χ2v) is 12.3. The summed E-state index contributed by atoms with van der Waals surface area (Å²) in [5, 5.41) is 11.5. The number of aromatic nitrogens is 1. The topological polar surface area (TPSA) is 62.5 Å². The van der Waals surface area contributed by atoms with Crippen molar-refractivity contribution in [2.24, 2.45) is 23.2 Å². The molecular weight excluding hydrogens is 467 g/mol. The number of benzene rings is 2. The first kappa shape index (κ1) is 23.0. The summed E-state index contributed by atoms with van der Waals surface area (Å²) in [6.07, 6.45) is 7.34. The number of para-hydroxylation sites is 1. The summed E-state index contributed by atoms with van der Waals surface area (Å²) in [6.45, 7) is 2.10. The van der Waals surface area contributed by atoms with Crippen molar-refractivity contribution in [3.05, 3.63) is 71.2 Å². The standard InChI is InChI=1S/C31H33FN2O3/c1-18(35)34-27(30(36)37)13-25-24-4-2-3-5-26(24)33(17-19-6-8-23(32)9-7-19)28(25)29(34)31-14-20-10-21(15-31)12-22(11-20)16-31/h2-9,20-22,27,29H,10-17H2,1H3,(H,36,37). The number of hydrogen-bond donors (Lipinski definition) is 1. The van der Waals surface area contributed by atoms with Crippen LogP contribution in [-0.4, -0.2) is 32.5 Å². The summed E-state index contributed by atoms with van der Waals surface area (Å²) in [5.74, 6) is 0.667. The fourth-order valence-corrected chi connectivity index (χ4v) is 9.17. The molecule has 5 nitrogen and oxygen atoms in total. The third-order valence-electron chi connectivity index (χ3n) is 9.96. The molecule has 4 aliphatic carbocycles. The van der Waals surface area contributed by atoms with E-state index >= 15 is 0 Å². The molecule has 0 saturated heterocycles. The van der Waals surface area contributed by atoms with Crippen molar-refractivity contribution in [1.29, 1.82) is 0 Å². The van der Waals surface area contributed by atoms with Crippen LogP contribution in [0.3, 0.4) is 0 Å². The Bertz CT molecular complexity index is 1370. The number of nitrogens with zero attached hydrogens (tertiary/aromatic N) is 2. The molecule has 2 unspecified atom stereocenters. The molecule has 1 aromatic heterocycles. The highest BCUT2D eigenvalue weighted by Crippen LogP contribution is 2.66. The van der Waals surface area contributed by atoms with E-state index in [1.54, 1.807) is 11.8 Å². The maximum absolute atomic E-state index is 13.7. The van der Waals surface area contributed by atoms with E-state index < -0.39 is 12.0 Å². The van der Waals surface area contributed by atoms with Gasteiger partial charge in [0.25, 0.3) is 0 Å². The van der Waals surface area contributed by atoms with Crippen LogP contribution in [0.1, 0.15) is 68.3 Å². The molecule has 5 aliphatic rings. The quantitative estimate of drug-likeness (QED) is 0.482. The second kappa shape index (κ2) is 8.17. The Morgan fingerprint density at radius 1 is 0.973 bits per heavy atom. The van der Waals surface area contributed by atoms with Crippen LogP contribution in [0.2, 0.25) is 0 Å². The summed E-state index contributed by atoms with van der Waals surface area (Å²) < 4.78 is 16.0. The molecule has 1 N–H and O–H groups in total. The molecular formula is C31H33FN2O3. The van der Waals surface area contributed by atoms with Crippen LogP contribution in [0.25, 0.3) is 10.9 Å². The molecule has 1 amide bonds. The van der Waals surface area contributed by atoms with Crippen molar-refractivity contribution in [2.75, 3.05) is 0 Å². The van der Waals surface area contributed by atoms with Gasteiger partial charge in [-0.2, -0.15) is 0 Å². The van der Waals surface area contributed by atoms with E-state index in [-0.39, 0.29) is 23.2 Å². The first-order valence-corrected chi connectivity index (χ1v) is 13.7. The molecule has 192 valence electrons. The lowest BCUT2D eigenvalue weighted by atomic mass is 9.47. The van der Waals surface area contributed by atoms with Crippen LogP contribution in [0.4, 0.5) is 4.39 Å². The van der Waals surface area contributed by atoms with Crippen molar-refractivity contribution in [2.45, 2.75) is 70.5 Å². The van der Waals surface area contributed by atoms with Gasteiger partial charge in [-0.3, -0.25) is 4.79 Å². The summed E-state index contributed by atoms with van der Waals surface area (Å²) in [6, 6.07) is 13.7. The maximum atomic E-state index is 13.7. The lowest BCUT2D eigenvalue weighted by Gasteiger charge is -2.62. The van der Waals surface area contributed by atoms with Gasteiger partial charge in [0.15, 0.2) is 0 Å². The number of carboxylic acids is 1. The van der Waals surface area contributed by atoms with Crippen molar-refractivity contribution in [3.63, 3.8) is 0 Å². The van der Waals surface area contributed by atoms with Crippen molar-refractivity contribution in [3.8, 4) is 0 Å². The number of carbonyl (C=O) groups is 2. The molecule has 6 heteroatoms. The number of fused-ring (bicyclic) bond motifs is 3. The van der Waals surface area contributed by atoms with Crippen LogP contribution < -0.4 is 0 Å².